The van der Waals surface area contributed by atoms with Gasteiger partial charge in [-0.1, -0.05) is 0 Å². The second kappa shape index (κ2) is 3.89. The number of nitrogens with one attached hydrogen (secondary N) is 1. The van der Waals surface area contributed by atoms with E-state index < -0.39 is 23.2 Å². The van der Waals surface area contributed by atoms with E-state index in [2.05, 4.69) is 5.32 Å². The zero-order chi connectivity index (χ0) is 14.8. The maximum atomic E-state index is 13.3. The van der Waals surface area contributed by atoms with E-state index in [4.69, 9.17) is 0 Å². The van der Waals surface area contributed by atoms with Crippen molar-refractivity contribution in [3.63, 3.8) is 0 Å². The van der Waals surface area contributed by atoms with E-state index in [9.17, 15) is 22.8 Å². The molecule has 1 saturated heterocycles. The topological polar surface area (TPSA) is 49.4 Å². The van der Waals surface area contributed by atoms with Crippen LogP contribution in [0.4, 0.5) is 13.2 Å². The number of rotatable bonds is 2. The molecule has 20 heavy (non-hydrogen) atoms. The van der Waals surface area contributed by atoms with E-state index in [1.165, 1.54) is 0 Å². The molecule has 0 aromatic carbocycles. The normalized spacial score (nSPS) is 33.7. The number of amides is 2. The Hall–Kier alpha value is -1.27. The van der Waals surface area contributed by atoms with Crippen LogP contribution in [0, 0.1) is 5.92 Å². The minimum atomic E-state index is -4.43. The molecule has 2 aliphatic carbocycles. The molecule has 0 aromatic heterocycles. The minimum absolute atomic E-state index is 0.0383. The molecule has 112 valence electrons. The molecule has 1 aliphatic heterocycles. The highest BCUT2D eigenvalue weighted by Crippen LogP contribution is 2.55. The Bertz CT molecular complexity index is 469. The fourth-order valence-electron chi connectivity index (χ4n) is 3.17. The highest BCUT2D eigenvalue weighted by Gasteiger charge is 2.70. The second-order valence-corrected chi connectivity index (χ2v) is 6.26. The lowest BCUT2D eigenvalue weighted by Crippen LogP contribution is -2.61. The van der Waals surface area contributed by atoms with Crippen LogP contribution in [-0.2, 0) is 9.59 Å². The first kappa shape index (κ1) is 13.7. The van der Waals surface area contributed by atoms with Crippen molar-refractivity contribution in [2.24, 2.45) is 5.92 Å². The molecule has 1 N–H and O–H groups in total. The first-order valence-electron chi connectivity index (χ1n) is 6.90. The highest BCUT2D eigenvalue weighted by molar-refractivity contribution is 5.94. The summed E-state index contributed by atoms with van der Waals surface area (Å²) in [5, 5.41) is 2.65. The second-order valence-electron chi connectivity index (χ2n) is 6.26. The summed E-state index contributed by atoms with van der Waals surface area (Å²) in [6.45, 7) is 1.42. The Morgan fingerprint density at radius 2 is 1.85 bits per heavy atom. The number of nitrogens with zero attached hydrogens (tertiary/aromatic N) is 1. The average molecular weight is 290 g/mol. The molecule has 2 amide bonds. The monoisotopic (exact) mass is 290 g/mol. The summed E-state index contributed by atoms with van der Waals surface area (Å²) in [6.07, 6.45) is -3.06. The van der Waals surface area contributed by atoms with Crippen LogP contribution in [0.25, 0.3) is 0 Å². The van der Waals surface area contributed by atoms with E-state index >= 15 is 0 Å². The SMILES string of the molecule is CC1(C2CC2)NC(=O)CCN(C2(C(F)(F)F)CC2)C1=O. The van der Waals surface area contributed by atoms with Crippen LogP contribution in [0.5, 0.6) is 0 Å². The molecule has 4 nitrogen and oxygen atoms in total. The van der Waals surface area contributed by atoms with Crippen molar-refractivity contribution in [2.75, 3.05) is 6.54 Å². The van der Waals surface area contributed by atoms with Crippen LogP contribution in [0.2, 0.25) is 0 Å². The molecule has 0 aromatic rings. The maximum Gasteiger partial charge on any atom is 0.411 e. The van der Waals surface area contributed by atoms with Crippen LogP contribution in [0.1, 0.15) is 39.0 Å². The summed E-state index contributed by atoms with van der Waals surface area (Å²) in [6, 6.07) is 0. The fourth-order valence-corrected chi connectivity index (χ4v) is 3.17. The van der Waals surface area contributed by atoms with Crippen LogP contribution >= 0.6 is 0 Å². The van der Waals surface area contributed by atoms with Gasteiger partial charge in [0, 0.05) is 13.0 Å². The lowest BCUT2D eigenvalue weighted by molar-refractivity contribution is -0.202. The highest BCUT2D eigenvalue weighted by atomic mass is 19.4. The molecule has 1 heterocycles. The van der Waals surface area contributed by atoms with Crippen molar-refractivity contribution in [1.29, 1.82) is 0 Å². The van der Waals surface area contributed by atoms with E-state index in [0.717, 1.165) is 17.7 Å². The Morgan fingerprint density at radius 3 is 2.30 bits per heavy atom. The van der Waals surface area contributed by atoms with Gasteiger partial charge in [0.25, 0.3) is 0 Å². The van der Waals surface area contributed by atoms with Crippen molar-refractivity contribution in [1.82, 2.24) is 10.2 Å². The summed E-state index contributed by atoms with van der Waals surface area (Å²) in [7, 11) is 0. The zero-order valence-corrected chi connectivity index (χ0v) is 11.2. The fraction of sp³-hybridized carbons (Fsp3) is 0.846. The third-order valence-electron chi connectivity index (χ3n) is 4.81. The van der Waals surface area contributed by atoms with Gasteiger partial charge in [-0.05, 0) is 38.5 Å². The molecule has 1 atom stereocenters. The van der Waals surface area contributed by atoms with Crippen LogP contribution in [0.15, 0.2) is 0 Å². The van der Waals surface area contributed by atoms with Gasteiger partial charge in [-0.3, -0.25) is 9.59 Å². The first-order valence-corrected chi connectivity index (χ1v) is 6.90. The molecule has 0 radical (unpaired) electrons. The Balaban J connectivity index is 1.95. The standard InChI is InChI=1S/C13H17F3N2O2/c1-11(8-2-3-8)10(20)18(7-4-9(19)17-11)12(5-6-12)13(14,15)16/h8H,2-7H2,1H3,(H,17,19). The van der Waals surface area contributed by atoms with Gasteiger partial charge in [0.1, 0.15) is 11.1 Å². The van der Waals surface area contributed by atoms with Gasteiger partial charge in [-0.25, -0.2) is 0 Å². The minimum Gasteiger partial charge on any atom is -0.342 e. The molecule has 3 aliphatic rings. The lowest BCUT2D eigenvalue weighted by atomic mass is 9.93. The molecule has 7 heteroatoms. The maximum absolute atomic E-state index is 13.3. The van der Waals surface area contributed by atoms with Crippen LogP contribution < -0.4 is 5.32 Å². The third kappa shape index (κ3) is 1.82. The quantitative estimate of drug-likeness (QED) is 0.840. The summed E-state index contributed by atoms with van der Waals surface area (Å²) >= 11 is 0. The van der Waals surface area contributed by atoms with Gasteiger partial charge in [0.2, 0.25) is 11.8 Å². The van der Waals surface area contributed by atoms with Gasteiger partial charge in [-0.2, -0.15) is 13.2 Å². The van der Waals surface area contributed by atoms with Gasteiger partial charge in [0.05, 0.1) is 0 Å². The smallest absolute Gasteiger partial charge is 0.342 e. The number of halogens is 3. The molecule has 1 unspecified atom stereocenters. The largest absolute Gasteiger partial charge is 0.411 e. The summed E-state index contributed by atoms with van der Waals surface area (Å²) < 4.78 is 39.8. The molecule has 0 bridgehead atoms. The molecule has 3 rings (SSSR count). The summed E-state index contributed by atoms with van der Waals surface area (Å²) in [5.41, 5.74) is -3.21. The van der Waals surface area contributed by atoms with E-state index in [1.807, 2.05) is 0 Å². The molecule has 2 saturated carbocycles. The van der Waals surface area contributed by atoms with Crippen molar-refractivity contribution in [2.45, 2.75) is 56.3 Å². The molecule has 3 fully saturated rings. The van der Waals surface area contributed by atoms with E-state index in [1.54, 1.807) is 6.92 Å². The van der Waals surface area contributed by atoms with Crippen LogP contribution in [0.3, 0.4) is 0 Å². The molecular weight excluding hydrogens is 273 g/mol. The number of alkyl halides is 3. The first-order chi connectivity index (χ1) is 9.21. The van der Waals surface area contributed by atoms with Crippen molar-refractivity contribution in [3.05, 3.63) is 0 Å². The van der Waals surface area contributed by atoms with Gasteiger partial charge in [0.15, 0.2) is 0 Å². The van der Waals surface area contributed by atoms with Crippen molar-refractivity contribution < 1.29 is 22.8 Å². The molecular formula is C13H17F3N2O2. The Morgan fingerprint density at radius 1 is 1.25 bits per heavy atom. The zero-order valence-electron chi connectivity index (χ0n) is 11.2. The van der Waals surface area contributed by atoms with Crippen molar-refractivity contribution >= 4 is 11.8 Å². The van der Waals surface area contributed by atoms with Crippen LogP contribution in [-0.4, -0.2) is 40.5 Å². The van der Waals surface area contributed by atoms with Crippen molar-refractivity contribution in [3.8, 4) is 0 Å². The number of carbonyl (C=O) groups is 2. The Labute approximate surface area is 114 Å². The summed E-state index contributed by atoms with van der Waals surface area (Å²) in [5.74, 6) is -0.947. The van der Waals surface area contributed by atoms with Gasteiger partial charge >= 0.3 is 6.18 Å². The lowest BCUT2D eigenvalue weighted by Gasteiger charge is -2.38. The van der Waals surface area contributed by atoms with E-state index in [-0.39, 0.29) is 37.6 Å². The molecule has 0 spiro atoms. The van der Waals surface area contributed by atoms with Gasteiger partial charge < -0.3 is 10.2 Å². The van der Waals surface area contributed by atoms with Gasteiger partial charge in [-0.15, -0.1) is 0 Å². The predicted molar refractivity (Wildman–Crippen MR) is 63.6 cm³/mol. The Kier molecular flexibility index (Phi) is 2.66. The third-order valence-corrected chi connectivity index (χ3v) is 4.81. The summed E-state index contributed by atoms with van der Waals surface area (Å²) in [4.78, 5) is 25.3. The van der Waals surface area contributed by atoms with E-state index in [0.29, 0.717) is 0 Å². The average Bonchev–Trinajstić information content (AvgIpc) is 3.14. The number of carbonyl (C=O) groups excluding carboxylic acids is 2. The predicted octanol–water partition coefficient (Wildman–Crippen LogP) is 1.60. The number of hydrogen-bond acceptors (Lipinski definition) is 2. The number of hydrogen-bond donors (Lipinski definition) is 1.